The molecule has 0 unspecified atom stereocenters. The number of rotatable bonds is 2. The first-order valence-electron chi connectivity index (χ1n) is 4.85. The summed E-state index contributed by atoms with van der Waals surface area (Å²) in [5.74, 6) is -1.24. The van der Waals surface area contributed by atoms with Crippen LogP contribution in [0.4, 0.5) is 13.2 Å². The fourth-order valence-corrected chi connectivity index (χ4v) is 1.63. The number of aromatic carboxylic acids is 1. The van der Waals surface area contributed by atoms with Crippen molar-refractivity contribution in [1.82, 2.24) is 15.2 Å². The van der Waals surface area contributed by atoms with E-state index in [0.717, 1.165) is 0 Å². The summed E-state index contributed by atoms with van der Waals surface area (Å²) in [6.07, 6.45) is -4.60. The Morgan fingerprint density at radius 2 is 2.06 bits per heavy atom. The molecule has 0 amide bonds. The van der Waals surface area contributed by atoms with Crippen LogP contribution < -0.4 is 0 Å². The third-order valence-corrected chi connectivity index (χ3v) is 2.40. The first kappa shape index (κ1) is 12.2. The van der Waals surface area contributed by atoms with E-state index in [0.29, 0.717) is 0 Å². The number of aryl methyl sites for hydroxylation is 1. The van der Waals surface area contributed by atoms with Gasteiger partial charge in [0, 0.05) is 5.69 Å². The predicted octanol–water partition coefficient (Wildman–Crippen LogP) is 2.43. The summed E-state index contributed by atoms with van der Waals surface area (Å²) >= 11 is 0. The van der Waals surface area contributed by atoms with Crippen LogP contribution in [0.3, 0.4) is 0 Å². The highest BCUT2D eigenvalue weighted by Crippen LogP contribution is 2.36. The van der Waals surface area contributed by atoms with E-state index >= 15 is 0 Å². The predicted molar refractivity (Wildman–Crippen MR) is 55.1 cm³/mol. The first-order chi connectivity index (χ1) is 8.30. The fraction of sp³-hybridized carbons (Fsp3) is 0.200. The number of carbonyl (C=O) groups is 1. The number of carboxylic acid groups (broad SMARTS) is 1. The Balaban J connectivity index is 2.56. The molecule has 0 aliphatic carbocycles. The van der Waals surface area contributed by atoms with Gasteiger partial charge in [-0.1, -0.05) is 0 Å². The van der Waals surface area contributed by atoms with Crippen LogP contribution in [0.2, 0.25) is 0 Å². The van der Waals surface area contributed by atoms with E-state index in [1.165, 1.54) is 19.1 Å². The number of nitrogens with zero attached hydrogens (tertiary/aromatic N) is 1. The van der Waals surface area contributed by atoms with E-state index in [4.69, 9.17) is 5.11 Å². The minimum Gasteiger partial charge on any atom is -0.477 e. The van der Waals surface area contributed by atoms with Crippen LogP contribution in [-0.2, 0) is 6.18 Å². The van der Waals surface area contributed by atoms with Crippen molar-refractivity contribution in [3.8, 4) is 11.3 Å². The monoisotopic (exact) mass is 259 g/mol. The number of halogens is 3. The second kappa shape index (κ2) is 3.90. The number of aromatic nitrogens is 3. The normalized spacial score (nSPS) is 11.8. The molecular weight excluding hydrogens is 251 g/mol. The minimum atomic E-state index is -4.60. The molecule has 2 heterocycles. The molecule has 0 aliphatic rings. The average Bonchev–Trinajstić information content (AvgIpc) is 2.81. The molecular formula is C10H8F3N3O2. The van der Waals surface area contributed by atoms with E-state index in [1.54, 1.807) is 0 Å². The van der Waals surface area contributed by atoms with Crippen molar-refractivity contribution in [3.63, 3.8) is 0 Å². The number of alkyl halides is 3. The second-order valence-electron chi connectivity index (χ2n) is 3.66. The first-order valence-corrected chi connectivity index (χ1v) is 4.85. The Hall–Kier alpha value is -2.25. The SMILES string of the molecule is Cc1[nH]nc(C(F)(F)F)c1-c1ccc(C(=O)O)[nH]1. The van der Waals surface area contributed by atoms with Gasteiger partial charge in [-0.25, -0.2) is 4.79 Å². The Morgan fingerprint density at radius 3 is 2.56 bits per heavy atom. The molecule has 96 valence electrons. The molecule has 0 atom stereocenters. The number of H-pyrrole nitrogens is 2. The highest BCUT2D eigenvalue weighted by atomic mass is 19.4. The lowest BCUT2D eigenvalue weighted by Gasteiger charge is -2.05. The summed E-state index contributed by atoms with van der Waals surface area (Å²) in [4.78, 5) is 13.1. The van der Waals surface area contributed by atoms with Gasteiger partial charge in [0.1, 0.15) is 5.69 Å². The molecule has 5 nitrogen and oxygen atoms in total. The molecule has 3 N–H and O–H groups in total. The number of nitrogens with one attached hydrogen (secondary N) is 2. The Morgan fingerprint density at radius 1 is 1.39 bits per heavy atom. The van der Waals surface area contributed by atoms with Gasteiger partial charge < -0.3 is 10.1 Å². The van der Waals surface area contributed by atoms with Crippen LogP contribution in [0.1, 0.15) is 21.9 Å². The summed E-state index contributed by atoms with van der Waals surface area (Å²) in [5.41, 5.74) is -1.15. The zero-order chi connectivity index (χ0) is 13.5. The van der Waals surface area contributed by atoms with Gasteiger partial charge in [0.2, 0.25) is 0 Å². The Kier molecular flexibility index (Phi) is 2.64. The molecule has 0 saturated heterocycles. The molecule has 0 aromatic carbocycles. The largest absolute Gasteiger partial charge is 0.477 e. The van der Waals surface area contributed by atoms with Gasteiger partial charge in [0.05, 0.1) is 11.3 Å². The molecule has 0 radical (unpaired) electrons. The van der Waals surface area contributed by atoms with E-state index in [-0.39, 0.29) is 22.6 Å². The van der Waals surface area contributed by atoms with Crippen LogP contribution in [0.15, 0.2) is 12.1 Å². The van der Waals surface area contributed by atoms with Crippen LogP contribution in [0.25, 0.3) is 11.3 Å². The van der Waals surface area contributed by atoms with Crippen molar-refractivity contribution >= 4 is 5.97 Å². The third-order valence-electron chi connectivity index (χ3n) is 2.40. The standard InChI is InChI=1S/C10H8F3N3O2/c1-4-7(8(16-15-4)10(11,12)13)5-2-3-6(14-5)9(17)18/h2-3,14H,1H3,(H,15,16)(H,17,18). The average molecular weight is 259 g/mol. The van der Waals surface area contributed by atoms with E-state index in [9.17, 15) is 18.0 Å². The maximum absolute atomic E-state index is 12.7. The zero-order valence-electron chi connectivity index (χ0n) is 9.09. The molecule has 2 aromatic rings. The van der Waals surface area contributed by atoms with Gasteiger partial charge in [0.25, 0.3) is 0 Å². The van der Waals surface area contributed by atoms with Crippen LogP contribution in [0, 0.1) is 6.92 Å². The molecule has 2 rings (SSSR count). The van der Waals surface area contributed by atoms with Gasteiger partial charge in [0.15, 0.2) is 5.69 Å². The number of aromatic amines is 2. The van der Waals surface area contributed by atoms with Crippen molar-refractivity contribution in [2.24, 2.45) is 0 Å². The Bertz CT molecular complexity index is 598. The third kappa shape index (κ3) is 1.96. The van der Waals surface area contributed by atoms with Gasteiger partial charge >= 0.3 is 12.1 Å². The summed E-state index contributed by atoms with van der Waals surface area (Å²) in [6, 6.07) is 2.47. The summed E-state index contributed by atoms with van der Waals surface area (Å²) in [6.45, 7) is 1.43. The molecule has 2 aromatic heterocycles. The fourth-order valence-electron chi connectivity index (χ4n) is 1.63. The van der Waals surface area contributed by atoms with Gasteiger partial charge in [-0.05, 0) is 19.1 Å². The number of hydrogen-bond donors (Lipinski definition) is 3. The van der Waals surface area contributed by atoms with Crippen molar-refractivity contribution < 1.29 is 23.1 Å². The number of hydrogen-bond acceptors (Lipinski definition) is 2. The van der Waals surface area contributed by atoms with E-state index in [1.807, 2.05) is 0 Å². The van der Waals surface area contributed by atoms with Crippen molar-refractivity contribution in [1.29, 1.82) is 0 Å². The van der Waals surface area contributed by atoms with E-state index in [2.05, 4.69) is 15.2 Å². The lowest BCUT2D eigenvalue weighted by atomic mass is 10.1. The lowest BCUT2D eigenvalue weighted by molar-refractivity contribution is -0.140. The van der Waals surface area contributed by atoms with Crippen LogP contribution in [0.5, 0.6) is 0 Å². The van der Waals surface area contributed by atoms with Gasteiger partial charge in [-0.3, -0.25) is 5.10 Å². The van der Waals surface area contributed by atoms with Gasteiger partial charge in [-0.15, -0.1) is 0 Å². The molecule has 0 fully saturated rings. The highest BCUT2D eigenvalue weighted by Gasteiger charge is 2.38. The second-order valence-corrected chi connectivity index (χ2v) is 3.66. The van der Waals surface area contributed by atoms with Gasteiger partial charge in [-0.2, -0.15) is 18.3 Å². The molecule has 8 heteroatoms. The molecule has 0 saturated carbocycles. The Labute approximate surface area is 98.6 Å². The topological polar surface area (TPSA) is 81.8 Å². The quantitative estimate of drug-likeness (QED) is 0.774. The minimum absolute atomic E-state index is 0.0611. The van der Waals surface area contributed by atoms with Crippen molar-refractivity contribution in [2.45, 2.75) is 13.1 Å². The van der Waals surface area contributed by atoms with Crippen molar-refractivity contribution in [3.05, 3.63) is 29.2 Å². The maximum Gasteiger partial charge on any atom is 0.435 e. The molecule has 0 aliphatic heterocycles. The number of carboxylic acids is 1. The smallest absolute Gasteiger partial charge is 0.435 e. The molecule has 18 heavy (non-hydrogen) atoms. The summed E-state index contributed by atoms with van der Waals surface area (Å²) < 4.78 is 38.1. The zero-order valence-corrected chi connectivity index (χ0v) is 9.09. The highest BCUT2D eigenvalue weighted by molar-refractivity contribution is 5.87. The summed E-state index contributed by atoms with van der Waals surface area (Å²) in [7, 11) is 0. The molecule has 0 bridgehead atoms. The lowest BCUT2D eigenvalue weighted by Crippen LogP contribution is -2.07. The van der Waals surface area contributed by atoms with Crippen LogP contribution in [-0.4, -0.2) is 26.3 Å². The summed E-state index contributed by atoms with van der Waals surface area (Å²) in [5, 5.41) is 14.2. The van der Waals surface area contributed by atoms with Crippen molar-refractivity contribution in [2.75, 3.05) is 0 Å². The molecule has 0 spiro atoms. The van der Waals surface area contributed by atoms with Crippen LogP contribution >= 0.6 is 0 Å². The van der Waals surface area contributed by atoms with E-state index < -0.39 is 17.8 Å². The maximum atomic E-state index is 12.7.